The zero-order chi connectivity index (χ0) is 17.6. The molecular weight excluding hydrogens is 334 g/mol. The van der Waals surface area contributed by atoms with Crippen LogP contribution in [0.5, 0.6) is 0 Å². The van der Waals surface area contributed by atoms with Gasteiger partial charge in [-0.05, 0) is 23.8 Å². The predicted molar refractivity (Wildman–Crippen MR) is 98.9 cm³/mol. The van der Waals surface area contributed by atoms with Crippen molar-refractivity contribution in [3.8, 4) is 0 Å². The summed E-state index contributed by atoms with van der Waals surface area (Å²) in [6, 6.07) is 23.0. The molecule has 3 aromatic rings. The number of hydrogen-bond donors (Lipinski definition) is 1. The third kappa shape index (κ3) is 4.14. The Labute approximate surface area is 151 Å². The van der Waals surface area contributed by atoms with E-state index in [1.807, 2.05) is 18.2 Å². The molecule has 0 atom stereocenters. The van der Waals surface area contributed by atoms with Gasteiger partial charge in [-0.3, -0.25) is 9.59 Å². The first-order chi connectivity index (χ1) is 12.1. The van der Waals surface area contributed by atoms with Crippen LogP contribution in [0.3, 0.4) is 0 Å². The number of ketones is 1. The molecular formula is C21H16ClNO2. The minimum Gasteiger partial charge on any atom is -0.348 e. The van der Waals surface area contributed by atoms with Gasteiger partial charge in [-0.15, -0.1) is 0 Å². The lowest BCUT2D eigenvalue weighted by atomic mass is 9.98. The van der Waals surface area contributed by atoms with Crippen molar-refractivity contribution in [2.75, 3.05) is 0 Å². The van der Waals surface area contributed by atoms with Crippen molar-refractivity contribution in [1.29, 1.82) is 0 Å². The molecule has 0 fully saturated rings. The summed E-state index contributed by atoms with van der Waals surface area (Å²) in [6.45, 7) is 0.365. The minimum atomic E-state index is -0.283. The van der Waals surface area contributed by atoms with Gasteiger partial charge in [0, 0.05) is 22.7 Å². The fourth-order valence-corrected chi connectivity index (χ4v) is 2.63. The van der Waals surface area contributed by atoms with Gasteiger partial charge in [0.05, 0.1) is 5.56 Å². The summed E-state index contributed by atoms with van der Waals surface area (Å²) >= 11 is 5.86. The Bertz CT molecular complexity index is 889. The molecule has 124 valence electrons. The average molecular weight is 350 g/mol. The number of halogens is 1. The van der Waals surface area contributed by atoms with Gasteiger partial charge in [0.25, 0.3) is 5.91 Å². The fraction of sp³-hybridized carbons (Fsp3) is 0.0476. The van der Waals surface area contributed by atoms with E-state index in [2.05, 4.69) is 5.32 Å². The van der Waals surface area contributed by atoms with Crippen molar-refractivity contribution in [2.45, 2.75) is 6.54 Å². The van der Waals surface area contributed by atoms with Gasteiger partial charge in [0.15, 0.2) is 5.78 Å². The SMILES string of the molecule is O=C(NCc1ccc(Cl)cc1)c1ccccc1C(=O)c1ccccc1. The maximum Gasteiger partial charge on any atom is 0.252 e. The van der Waals surface area contributed by atoms with Crippen LogP contribution in [0.1, 0.15) is 31.8 Å². The van der Waals surface area contributed by atoms with Crippen molar-refractivity contribution in [1.82, 2.24) is 5.32 Å². The predicted octanol–water partition coefficient (Wildman–Crippen LogP) is 4.50. The Morgan fingerprint density at radius 3 is 2.04 bits per heavy atom. The molecule has 0 unspecified atom stereocenters. The first-order valence-corrected chi connectivity index (χ1v) is 8.24. The number of benzene rings is 3. The summed E-state index contributed by atoms with van der Waals surface area (Å²) in [5, 5.41) is 3.49. The molecule has 0 spiro atoms. The van der Waals surface area contributed by atoms with Gasteiger partial charge in [-0.2, -0.15) is 0 Å². The first kappa shape index (κ1) is 16.9. The summed E-state index contributed by atoms with van der Waals surface area (Å²) in [7, 11) is 0. The number of rotatable bonds is 5. The standard InChI is InChI=1S/C21H16ClNO2/c22-17-12-10-15(11-13-17)14-23-21(25)19-9-5-4-8-18(19)20(24)16-6-2-1-3-7-16/h1-13H,14H2,(H,23,25). The lowest BCUT2D eigenvalue weighted by Crippen LogP contribution is -2.25. The first-order valence-electron chi connectivity index (χ1n) is 7.86. The van der Waals surface area contributed by atoms with E-state index in [-0.39, 0.29) is 11.7 Å². The number of carbonyl (C=O) groups excluding carboxylic acids is 2. The summed E-state index contributed by atoms with van der Waals surface area (Å²) in [5.41, 5.74) is 2.25. The maximum atomic E-state index is 12.7. The van der Waals surface area contributed by atoms with Gasteiger partial charge in [-0.1, -0.05) is 72.3 Å². The van der Waals surface area contributed by atoms with Gasteiger partial charge in [0.2, 0.25) is 0 Å². The highest BCUT2D eigenvalue weighted by Gasteiger charge is 2.17. The lowest BCUT2D eigenvalue weighted by molar-refractivity contribution is 0.0939. The van der Waals surface area contributed by atoms with Crippen LogP contribution in [-0.4, -0.2) is 11.7 Å². The molecule has 0 aliphatic heterocycles. The van der Waals surface area contributed by atoms with E-state index in [4.69, 9.17) is 11.6 Å². The molecule has 1 N–H and O–H groups in total. The largest absolute Gasteiger partial charge is 0.348 e. The van der Waals surface area contributed by atoms with E-state index in [0.717, 1.165) is 5.56 Å². The molecule has 0 saturated carbocycles. The van der Waals surface area contributed by atoms with Crippen LogP contribution in [0, 0.1) is 0 Å². The molecule has 0 saturated heterocycles. The molecule has 4 heteroatoms. The van der Waals surface area contributed by atoms with Gasteiger partial charge in [-0.25, -0.2) is 0 Å². The van der Waals surface area contributed by atoms with E-state index in [0.29, 0.717) is 28.3 Å². The molecule has 25 heavy (non-hydrogen) atoms. The van der Waals surface area contributed by atoms with Gasteiger partial charge in [0.1, 0.15) is 0 Å². The van der Waals surface area contributed by atoms with E-state index in [1.165, 1.54) is 0 Å². The van der Waals surface area contributed by atoms with Crippen molar-refractivity contribution in [3.05, 3.63) is 106 Å². The van der Waals surface area contributed by atoms with Crippen LogP contribution in [0.2, 0.25) is 5.02 Å². The lowest BCUT2D eigenvalue weighted by Gasteiger charge is -2.10. The third-order valence-corrected chi connectivity index (χ3v) is 4.07. The average Bonchev–Trinajstić information content (AvgIpc) is 2.67. The van der Waals surface area contributed by atoms with E-state index in [9.17, 15) is 9.59 Å². The van der Waals surface area contributed by atoms with E-state index in [1.54, 1.807) is 60.7 Å². The highest BCUT2D eigenvalue weighted by Crippen LogP contribution is 2.15. The zero-order valence-electron chi connectivity index (χ0n) is 13.4. The van der Waals surface area contributed by atoms with Crippen molar-refractivity contribution in [2.24, 2.45) is 0 Å². The quantitative estimate of drug-likeness (QED) is 0.689. The molecule has 0 aliphatic rings. The molecule has 0 aliphatic carbocycles. The highest BCUT2D eigenvalue weighted by atomic mass is 35.5. The number of carbonyl (C=O) groups is 2. The molecule has 3 aromatic carbocycles. The van der Waals surface area contributed by atoms with Crippen LogP contribution in [-0.2, 0) is 6.54 Å². The molecule has 3 nitrogen and oxygen atoms in total. The topological polar surface area (TPSA) is 46.2 Å². The van der Waals surface area contributed by atoms with Crippen molar-refractivity contribution in [3.63, 3.8) is 0 Å². The maximum absolute atomic E-state index is 12.7. The Kier molecular flexibility index (Phi) is 5.26. The Morgan fingerprint density at radius 2 is 1.36 bits per heavy atom. The van der Waals surface area contributed by atoms with E-state index < -0.39 is 0 Å². The fourth-order valence-electron chi connectivity index (χ4n) is 2.50. The Balaban J connectivity index is 1.79. The highest BCUT2D eigenvalue weighted by molar-refractivity contribution is 6.30. The molecule has 0 bridgehead atoms. The summed E-state index contributed by atoms with van der Waals surface area (Å²) in [5.74, 6) is -0.451. The molecule has 1 amide bonds. The van der Waals surface area contributed by atoms with E-state index >= 15 is 0 Å². The van der Waals surface area contributed by atoms with Crippen LogP contribution < -0.4 is 5.32 Å². The van der Waals surface area contributed by atoms with Crippen molar-refractivity contribution >= 4 is 23.3 Å². The number of amides is 1. The number of nitrogens with one attached hydrogen (secondary N) is 1. The molecule has 0 heterocycles. The van der Waals surface area contributed by atoms with Crippen LogP contribution in [0.15, 0.2) is 78.9 Å². The molecule has 0 aromatic heterocycles. The summed E-state index contributed by atoms with van der Waals surface area (Å²) in [6.07, 6.45) is 0. The Hall–Kier alpha value is -2.91. The van der Waals surface area contributed by atoms with Crippen LogP contribution in [0.4, 0.5) is 0 Å². The monoisotopic (exact) mass is 349 g/mol. The van der Waals surface area contributed by atoms with Crippen LogP contribution >= 0.6 is 11.6 Å². The Morgan fingerprint density at radius 1 is 0.760 bits per heavy atom. The van der Waals surface area contributed by atoms with Gasteiger partial charge >= 0.3 is 0 Å². The zero-order valence-corrected chi connectivity index (χ0v) is 14.2. The normalized spacial score (nSPS) is 10.3. The molecule has 0 radical (unpaired) electrons. The smallest absolute Gasteiger partial charge is 0.252 e. The van der Waals surface area contributed by atoms with Crippen LogP contribution in [0.25, 0.3) is 0 Å². The minimum absolute atomic E-state index is 0.169. The second kappa shape index (κ2) is 7.77. The number of hydrogen-bond acceptors (Lipinski definition) is 2. The third-order valence-electron chi connectivity index (χ3n) is 3.82. The second-order valence-corrected chi connectivity index (χ2v) is 5.99. The van der Waals surface area contributed by atoms with Crippen molar-refractivity contribution < 1.29 is 9.59 Å². The summed E-state index contributed by atoms with van der Waals surface area (Å²) in [4.78, 5) is 25.2. The molecule has 3 rings (SSSR count). The van der Waals surface area contributed by atoms with Gasteiger partial charge < -0.3 is 5.32 Å². The second-order valence-electron chi connectivity index (χ2n) is 5.55. The summed E-state index contributed by atoms with van der Waals surface area (Å²) < 4.78 is 0.